The van der Waals surface area contributed by atoms with Gasteiger partial charge in [-0.1, -0.05) is 44.9 Å². The van der Waals surface area contributed by atoms with Gasteiger partial charge in [0.05, 0.1) is 7.11 Å². The fourth-order valence-corrected chi connectivity index (χ4v) is 2.34. The molecule has 19 heavy (non-hydrogen) atoms. The van der Waals surface area contributed by atoms with E-state index < -0.39 is 0 Å². The van der Waals surface area contributed by atoms with Crippen molar-refractivity contribution in [1.82, 2.24) is 5.32 Å². The zero-order valence-corrected chi connectivity index (χ0v) is 13.3. The Morgan fingerprint density at radius 2 is 2.05 bits per heavy atom. The second-order valence-corrected chi connectivity index (χ2v) is 5.58. The molecule has 0 aliphatic carbocycles. The molecule has 2 atom stereocenters. The maximum absolute atomic E-state index is 6.04. The van der Waals surface area contributed by atoms with Crippen LogP contribution in [0.3, 0.4) is 0 Å². The molecule has 0 fully saturated rings. The molecule has 0 aliphatic heterocycles. The van der Waals surface area contributed by atoms with Gasteiger partial charge in [0.25, 0.3) is 0 Å². The number of hydrogen-bond acceptors (Lipinski definition) is 2. The quantitative estimate of drug-likeness (QED) is 0.738. The first-order chi connectivity index (χ1) is 9.12. The molecule has 1 aromatic carbocycles. The van der Waals surface area contributed by atoms with Crippen LogP contribution in [0.2, 0.25) is 5.02 Å². The molecule has 2 nitrogen and oxygen atoms in total. The highest BCUT2D eigenvalue weighted by molar-refractivity contribution is 6.30. The summed E-state index contributed by atoms with van der Waals surface area (Å²) in [4.78, 5) is 0. The smallest absolute Gasteiger partial charge is 0.125 e. The van der Waals surface area contributed by atoms with E-state index in [-0.39, 0.29) is 0 Å². The molecular weight excluding hydrogens is 258 g/mol. The van der Waals surface area contributed by atoms with Crippen LogP contribution in [0.1, 0.15) is 51.6 Å². The van der Waals surface area contributed by atoms with Gasteiger partial charge in [-0.3, -0.25) is 0 Å². The fourth-order valence-electron chi connectivity index (χ4n) is 2.18. The minimum Gasteiger partial charge on any atom is -0.496 e. The molecule has 2 unspecified atom stereocenters. The molecule has 0 amide bonds. The van der Waals surface area contributed by atoms with Gasteiger partial charge in [0.15, 0.2) is 0 Å². The minimum atomic E-state index is 0.335. The molecule has 108 valence electrons. The lowest BCUT2D eigenvalue weighted by Crippen LogP contribution is -2.24. The van der Waals surface area contributed by atoms with Crippen LogP contribution in [0, 0.1) is 5.92 Å². The summed E-state index contributed by atoms with van der Waals surface area (Å²) in [6.07, 6.45) is 3.45. The number of rotatable bonds is 8. The van der Waals surface area contributed by atoms with Crippen LogP contribution in [0.5, 0.6) is 5.75 Å². The van der Waals surface area contributed by atoms with Gasteiger partial charge < -0.3 is 10.1 Å². The Bertz CT molecular complexity index is 381. The second kappa shape index (κ2) is 8.44. The number of hydrogen-bond donors (Lipinski definition) is 1. The molecule has 1 aromatic rings. The summed E-state index contributed by atoms with van der Waals surface area (Å²) in [6.45, 7) is 7.74. The molecular formula is C16H26ClNO. The summed E-state index contributed by atoms with van der Waals surface area (Å²) in [6, 6.07) is 6.25. The lowest BCUT2D eigenvalue weighted by molar-refractivity contribution is 0.371. The largest absolute Gasteiger partial charge is 0.496 e. The molecule has 0 aliphatic rings. The van der Waals surface area contributed by atoms with E-state index in [9.17, 15) is 0 Å². The Hall–Kier alpha value is -0.730. The van der Waals surface area contributed by atoms with Crippen molar-refractivity contribution in [3.8, 4) is 5.75 Å². The van der Waals surface area contributed by atoms with E-state index in [4.69, 9.17) is 16.3 Å². The highest BCUT2D eigenvalue weighted by Gasteiger charge is 2.18. The van der Waals surface area contributed by atoms with E-state index in [1.807, 2.05) is 12.1 Å². The molecule has 0 saturated heterocycles. The van der Waals surface area contributed by atoms with Crippen molar-refractivity contribution < 1.29 is 4.74 Å². The lowest BCUT2D eigenvalue weighted by atomic mass is 9.93. The molecule has 0 heterocycles. The van der Waals surface area contributed by atoms with E-state index in [2.05, 4.69) is 32.2 Å². The first-order valence-electron chi connectivity index (χ1n) is 7.19. The second-order valence-electron chi connectivity index (χ2n) is 5.14. The highest BCUT2D eigenvalue weighted by atomic mass is 35.5. The molecule has 0 radical (unpaired) electrons. The van der Waals surface area contributed by atoms with Gasteiger partial charge in [0, 0.05) is 16.6 Å². The van der Waals surface area contributed by atoms with Gasteiger partial charge in [-0.25, -0.2) is 0 Å². The van der Waals surface area contributed by atoms with Gasteiger partial charge in [-0.15, -0.1) is 0 Å². The molecule has 0 spiro atoms. The van der Waals surface area contributed by atoms with Crippen molar-refractivity contribution in [1.29, 1.82) is 0 Å². The Labute approximate surface area is 122 Å². The van der Waals surface area contributed by atoms with E-state index in [0.717, 1.165) is 30.2 Å². The van der Waals surface area contributed by atoms with Gasteiger partial charge in [-0.05, 0) is 37.4 Å². The predicted molar refractivity (Wildman–Crippen MR) is 83.1 cm³/mol. The number of benzene rings is 1. The van der Waals surface area contributed by atoms with Crippen molar-refractivity contribution >= 4 is 11.6 Å². The third-order valence-corrected chi connectivity index (χ3v) is 3.78. The number of methoxy groups -OCH3 is 1. The Kier molecular flexibility index (Phi) is 7.25. The van der Waals surface area contributed by atoms with Crippen LogP contribution in [0.15, 0.2) is 18.2 Å². The van der Waals surface area contributed by atoms with Crippen molar-refractivity contribution in [2.45, 2.75) is 46.1 Å². The van der Waals surface area contributed by atoms with Crippen molar-refractivity contribution in [2.75, 3.05) is 13.7 Å². The van der Waals surface area contributed by atoms with Crippen LogP contribution in [-0.4, -0.2) is 13.7 Å². The van der Waals surface area contributed by atoms with Crippen molar-refractivity contribution in [2.24, 2.45) is 5.92 Å². The zero-order chi connectivity index (χ0) is 14.3. The maximum atomic E-state index is 6.04. The molecule has 3 heteroatoms. The van der Waals surface area contributed by atoms with E-state index >= 15 is 0 Å². The standard InChI is InChI=1S/C16H26ClNO/c1-5-9-18-15(10-12(3)6-2)14-8-7-13(17)11-16(14)19-4/h7-8,11-12,15,18H,5-6,9-10H2,1-4H3. The summed E-state index contributed by atoms with van der Waals surface area (Å²) in [5, 5.41) is 4.34. The van der Waals surface area contributed by atoms with Crippen molar-refractivity contribution in [3.63, 3.8) is 0 Å². The average molecular weight is 284 g/mol. The van der Waals surface area contributed by atoms with Crippen LogP contribution in [0.4, 0.5) is 0 Å². The van der Waals surface area contributed by atoms with Gasteiger partial charge in [0.1, 0.15) is 5.75 Å². The Balaban J connectivity index is 2.94. The van der Waals surface area contributed by atoms with Gasteiger partial charge in [0.2, 0.25) is 0 Å². The highest BCUT2D eigenvalue weighted by Crippen LogP contribution is 2.32. The molecule has 1 N–H and O–H groups in total. The fraction of sp³-hybridized carbons (Fsp3) is 0.625. The number of ether oxygens (including phenoxy) is 1. The first kappa shape index (κ1) is 16.3. The Morgan fingerprint density at radius 3 is 2.63 bits per heavy atom. The SMILES string of the molecule is CCCNC(CC(C)CC)c1ccc(Cl)cc1OC. The van der Waals surface area contributed by atoms with Gasteiger partial charge >= 0.3 is 0 Å². The van der Waals surface area contributed by atoms with Crippen LogP contribution >= 0.6 is 11.6 Å². The lowest BCUT2D eigenvalue weighted by Gasteiger charge is -2.24. The molecule has 0 saturated carbocycles. The summed E-state index contributed by atoms with van der Waals surface area (Å²) in [5.41, 5.74) is 1.21. The van der Waals surface area contributed by atoms with Crippen molar-refractivity contribution in [3.05, 3.63) is 28.8 Å². The zero-order valence-electron chi connectivity index (χ0n) is 12.5. The van der Waals surface area contributed by atoms with E-state index in [1.165, 1.54) is 12.0 Å². The number of halogens is 1. The molecule has 0 bridgehead atoms. The monoisotopic (exact) mass is 283 g/mol. The normalized spacial score (nSPS) is 14.2. The van der Waals surface area contributed by atoms with Crippen LogP contribution < -0.4 is 10.1 Å². The number of nitrogens with one attached hydrogen (secondary N) is 1. The average Bonchev–Trinajstić information content (AvgIpc) is 2.43. The molecule has 1 rings (SSSR count). The summed E-state index contributed by atoms with van der Waals surface area (Å²) in [5.74, 6) is 1.57. The summed E-state index contributed by atoms with van der Waals surface area (Å²) in [7, 11) is 1.70. The predicted octanol–water partition coefficient (Wildman–Crippen LogP) is 4.83. The third kappa shape index (κ3) is 5.04. The minimum absolute atomic E-state index is 0.335. The van der Waals surface area contributed by atoms with E-state index in [0.29, 0.717) is 12.0 Å². The summed E-state index contributed by atoms with van der Waals surface area (Å²) < 4.78 is 5.48. The van der Waals surface area contributed by atoms with Crippen LogP contribution in [-0.2, 0) is 0 Å². The first-order valence-corrected chi connectivity index (χ1v) is 7.56. The van der Waals surface area contributed by atoms with E-state index in [1.54, 1.807) is 7.11 Å². The van der Waals surface area contributed by atoms with Crippen LogP contribution in [0.25, 0.3) is 0 Å². The van der Waals surface area contributed by atoms with Gasteiger partial charge in [-0.2, -0.15) is 0 Å². The maximum Gasteiger partial charge on any atom is 0.125 e. The summed E-state index contributed by atoms with van der Waals surface area (Å²) >= 11 is 6.04. The molecule has 0 aromatic heterocycles. The Morgan fingerprint density at radius 1 is 1.32 bits per heavy atom. The third-order valence-electron chi connectivity index (χ3n) is 3.55. The topological polar surface area (TPSA) is 21.3 Å².